The minimum atomic E-state index is -0.483. The summed E-state index contributed by atoms with van der Waals surface area (Å²) in [4.78, 5) is 41.9. The molecule has 0 aliphatic carbocycles. The van der Waals surface area contributed by atoms with Crippen LogP contribution in [0.25, 0.3) is 0 Å². The number of anilines is 1. The van der Waals surface area contributed by atoms with Crippen molar-refractivity contribution in [2.75, 3.05) is 31.3 Å². The van der Waals surface area contributed by atoms with Crippen LogP contribution in [0.2, 0.25) is 0 Å². The molecule has 0 spiro atoms. The lowest BCUT2D eigenvalue weighted by Crippen LogP contribution is -2.44. The number of hydrogen-bond donors (Lipinski definition) is 1. The molecule has 1 aromatic heterocycles. The normalized spacial score (nSPS) is 15.8. The van der Waals surface area contributed by atoms with Crippen LogP contribution in [0.15, 0.2) is 36.5 Å². The number of nitrogens with one attached hydrogen (secondary N) is 1. The zero-order chi connectivity index (χ0) is 23.1. The molecule has 32 heavy (non-hydrogen) atoms. The highest BCUT2D eigenvalue weighted by atomic mass is 32.2. The van der Waals surface area contributed by atoms with Crippen LogP contribution >= 0.6 is 11.8 Å². The Morgan fingerprint density at radius 3 is 2.91 bits per heavy atom. The number of aromatic nitrogens is 1. The Morgan fingerprint density at radius 2 is 2.19 bits per heavy atom. The summed E-state index contributed by atoms with van der Waals surface area (Å²) in [6.45, 7) is 2.89. The molecule has 3 rings (SSSR count). The first-order valence-electron chi connectivity index (χ1n) is 10.3. The third-order valence-corrected chi connectivity index (χ3v) is 6.32. The van der Waals surface area contributed by atoms with Gasteiger partial charge in [-0.15, -0.1) is 11.8 Å². The average Bonchev–Trinajstić information content (AvgIpc) is 2.80. The minimum Gasteiger partial charge on any atom is -0.490 e. The molecule has 1 fully saturated rings. The van der Waals surface area contributed by atoms with E-state index in [1.54, 1.807) is 23.2 Å². The number of hydrogen-bond acceptors (Lipinski definition) is 7. The second-order valence-corrected chi connectivity index (χ2v) is 8.58. The molecule has 9 nitrogen and oxygen atoms in total. The predicted molar refractivity (Wildman–Crippen MR) is 123 cm³/mol. The van der Waals surface area contributed by atoms with Gasteiger partial charge in [0.25, 0.3) is 0 Å². The lowest BCUT2D eigenvalue weighted by Gasteiger charge is -2.32. The molecule has 1 aromatic carbocycles. The van der Waals surface area contributed by atoms with Crippen molar-refractivity contribution in [3.63, 3.8) is 0 Å². The van der Waals surface area contributed by atoms with E-state index in [-0.39, 0.29) is 34.9 Å². The Morgan fingerprint density at radius 1 is 1.38 bits per heavy atom. The van der Waals surface area contributed by atoms with Gasteiger partial charge in [-0.2, -0.15) is 0 Å². The van der Waals surface area contributed by atoms with Crippen molar-refractivity contribution < 1.29 is 19.2 Å². The van der Waals surface area contributed by atoms with Crippen molar-refractivity contribution in [2.45, 2.75) is 25.5 Å². The van der Waals surface area contributed by atoms with Gasteiger partial charge < -0.3 is 15.0 Å². The molecule has 10 heteroatoms. The average molecular weight is 459 g/mol. The van der Waals surface area contributed by atoms with Gasteiger partial charge in [0.2, 0.25) is 11.8 Å². The summed E-state index contributed by atoms with van der Waals surface area (Å²) < 4.78 is 5.01. The molecular weight excluding hydrogens is 432 g/mol. The molecule has 2 heterocycles. The van der Waals surface area contributed by atoms with Crippen molar-refractivity contribution >= 4 is 35.1 Å². The topological polar surface area (TPSA) is 115 Å². The molecule has 0 radical (unpaired) electrons. The Kier molecular flexibility index (Phi) is 8.04. The Hall–Kier alpha value is -3.14. The highest BCUT2D eigenvalue weighted by molar-refractivity contribution is 7.99. The summed E-state index contributed by atoms with van der Waals surface area (Å²) in [6.07, 6.45) is 3.12. The van der Waals surface area contributed by atoms with Crippen LogP contribution in [0.5, 0.6) is 5.75 Å². The summed E-state index contributed by atoms with van der Waals surface area (Å²) in [7, 11) is 1.39. The lowest BCUT2D eigenvalue weighted by molar-refractivity contribution is -0.385. The Bertz CT molecular complexity index is 1000. The Labute approximate surface area is 190 Å². The number of piperidine rings is 1. The summed E-state index contributed by atoms with van der Waals surface area (Å²) in [5, 5.41) is 14.0. The van der Waals surface area contributed by atoms with Gasteiger partial charge in [-0.1, -0.05) is 12.1 Å². The number of pyridine rings is 1. The highest BCUT2D eigenvalue weighted by Gasteiger charge is 2.28. The van der Waals surface area contributed by atoms with Crippen LogP contribution in [0.3, 0.4) is 0 Å². The summed E-state index contributed by atoms with van der Waals surface area (Å²) in [6, 6.07) is 8.48. The highest BCUT2D eigenvalue weighted by Crippen LogP contribution is 2.29. The van der Waals surface area contributed by atoms with Gasteiger partial charge in [0, 0.05) is 31.1 Å². The number of nitrogens with zero attached hydrogens (tertiary/aromatic N) is 3. The molecule has 2 amide bonds. The quantitative estimate of drug-likeness (QED) is 0.476. The van der Waals surface area contributed by atoms with Crippen LogP contribution in [0.1, 0.15) is 24.0 Å². The fourth-order valence-corrected chi connectivity index (χ4v) is 4.44. The van der Waals surface area contributed by atoms with Crippen LogP contribution in [-0.4, -0.2) is 52.6 Å². The van der Waals surface area contributed by atoms with Gasteiger partial charge in [0.1, 0.15) is 5.82 Å². The van der Waals surface area contributed by atoms with Gasteiger partial charge in [-0.05, 0) is 43.0 Å². The molecule has 0 bridgehead atoms. The number of rotatable bonds is 8. The second-order valence-electron chi connectivity index (χ2n) is 7.59. The van der Waals surface area contributed by atoms with Crippen molar-refractivity contribution in [3.05, 3.63) is 57.8 Å². The van der Waals surface area contributed by atoms with Gasteiger partial charge in [-0.3, -0.25) is 19.7 Å². The van der Waals surface area contributed by atoms with Crippen LogP contribution in [-0.2, 0) is 15.3 Å². The first-order valence-corrected chi connectivity index (χ1v) is 11.4. The third-order valence-electron chi connectivity index (χ3n) is 5.33. The maximum atomic E-state index is 12.7. The fourth-order valence-electron chi connectivity index (χ4n) is 3.57. The number of carbonyl (C=O) groups is 2. The number of likely N-dealkylation sites (tertiary alicyclic amines) is 1. The van der Waals surface area contributed by atoms with E-state index in [0.29, 0.717) is 24.7 Å². The number of benzene rings is 1. The lowest BCUT2D eigenvalue weighted by atomic mass is 9.97. The van der Waals surface area contributed by atoms with Gasteiger partial charge in [-0.25, -0.2) is 4.98 Å². The van der Waals surface area contributed by atoms with Crippen molar-refractivity contribution in [3.8, 4) is 5.75 Å². The second kappa shape index (κ2) is 10.9. The molecular formula is C22H26N4O5S. The zero-order valence-corrected chi connectivity index (χ0v) is 18.9. The molecule has 1 atom stereocenters. The summed E-state index contributed by atoms with van der Waals surface area (Å²) in [5.41, 5.74) is 1.54. The molecule has 2 aromatic rings. The van der Waals surface area contributed by atoms with E-state index in [1.807, 2.05) is 19.1 Å². The van der Waals surface area contributed by atoms with Crippen LogP contribution in [0, 0.1) is 23.0 Å². The number of carbonyl (C=O) groups excluding carboxylic acids is 2. The number of ether oxygens (including phenoxy) is 1. The fraction of sp³-hybridized carbons (Fsp3) is 0.409. The molecule has 1 aliphatic heterocycles. The van der Waals surface area contributed by atoms with E-state index >= 15 is 0 Å². The molecule has 0 saturated carbocycles. The van der Waals surface area contributed by atoms with Gasteiger partial charge in [0.05, 0.1) is 23.7 Å². The van der Waals surface area contributed by atoms with Crippen LogP contribution in [0.4, 0.5) is 11.5 Å². The maximum Gasteiger partial charge on any atom is 0.311 e. The minimum absolute atomic E-state index is 0.0375. The van der Waals surface area contributed by atoms with E-state index in [2.05, 4.69) is 10.3 Å². The van der Waals surface area contributed by atoms with Gasteiger partial charge >= 0.3 is 5.69 Å². The van der Waals surface area contributed by atoms with Gasteiger partial charge in [0.15, 0.2) is 5.75 Å². The maximum absolute atomic E-state index is 12.7. The van der Waals surface area contributed by atoms with E-state index in [9.17, 15) is 19.7 Å². The van der Waals surface area contributed by atoms with E-state index in [1.165, 1.54) is 24.9 Å². The standard InChI is InChI=1S/C22H26N4O5S/c1-15-5-3-9-23-21(15)24-22(28)17-6-4-10-25(12-17)20(27)14-32-13-16-7-8-19(31-2)18(11-16)26(29)30/h3,5,7-9,11,17H,4,6,10,12-14H2,1-2H3,(H,23,24,28). The first kappa shape index (κ1) is 23.5. The Balaban J connectivity index is 1.51. The number of methoxy groups -OCH3 is 1. The number of amides is 2. The summed E-state index contributed by atoms with van der Waals surface area (Å²) in [5.74, 6) is 1.03. The molecule has 1 unspecified atom stereocenters. The molecule has 1 saturated heterocycles. The zero-order valence-electron chi connectivity index (χ0n) is 18.1. The first-order chi connectivity index (χ1) is 15.4. The van der Waals surface area contributed by atoms with Crippen molar-refractivity contribution in [2.24, 2.45) is 5.92 Å². The smallest absolute Gasteiger partial charge is 0.311 e. The largest absolute Gasteiger partial charge is 0.490 e. The van der Waals surface area contributed by atoms with Crippen molar-refractivity contribution in [1.82, 2.24) is 9.88 Å². The number of nitro groups is 1. The molecule has 170 valence electrons. The SMILES string of the molecule is COc1ccc(CSCC(=O)N2CCCC(C(=O)Nc3ncccc3C)C2)cc1[N+](=O)[O-]. The molecule has 1 aliphatic rings. The summed E-state index contributed by atoms with van der Waals surface area (Å²) >= 11 is 1.39. The number of thioether (sulfide) groups is 1. The number of aryl methyl sites for hydroxylation is 1. The van der Waals surface area contributed by atoms with E-state index in [0.717, 1.165) is 24.0 Å². The predicted octanol–water partition coefficient (Wildman–Crippen LogP) is 3.42. The van der Waals surface area contributed by atoms with Crippen LogP contribution < -0.4 is 10.1 Å². The molecule has 1 N–H and O–H groups in total. The number of nitro benzene ring substituents is 1. The van der Waals surface area contributed by atoms with Crippen molar-refractivity contribution in [1.29, 1.82) is 0 Å². The monoisotopic (exact) mass is 458 g/mol. The van der Waals surface area contributed by atoms with E-state index in [4.69, 9.17) is 4.74 Å². The van der Waals surface area contributed by atoms with E-state index < -0.39 is 4.92 Å². The third kappa shape index (κ3) is 5.97.